The fourth-order valence-corrected chi connectivity index (χ4v) is 0.680. The van der Waals surface area contributed by atoms with Crippen molar-refractivity contribution < 1.29 is 19.0 Å². The lowest BCUT2D eigenvalue weighted by Crippen LogP contribution is -2.09. The van der Waals surface area contributed by atoms with Crippen LogP contribution in [0.25, 0.3) is 0 Å². The van der Waals surface area contributed by atoms with E-state index < -0.39 is 0 Å². The fraction of sp³-hybridized carbons (Fsp3) is 0.889. The van der Waals surface area contributed by atoms with Crippen molar-refractivity contribution in [3.8, 4) is 0 Å². The summed E-state index contributed by atoms with van der Waals surface area (Å²) in [5.74, 6) is 0.153. The van der Waals surface area contributed by atoms with Gasteiger partial charge in [-0.1, -0.05) is 0 Å². The van der Waals surface area contributed by atoms with E-state index in [1.165, 1.54) is 0 Å². The van der Waals surface area contributed by atoms with Crippen molar-refractivity contribution in [1.82, 2.24) is 0 Å². The van der Waals surface area contributed by atoms with Gasteiger partial charge in [-0.3, -0.25) is 4.79 Å². The molecule has 0 spiro atoms. The van der Waals surface area contributed by atoms with Gasteiger partial charge < -0.3 is 14.2 Å². The topological polar surface area (TPSA) is 44.8 Å². The lowest BCUT2D eigenvalue weighted by atomic mass is 10.3. The molecule has 0 rings (SSSR count). The van der Waals surface area contributed by atoms with Crippen LogP contribution in [0, 0.1) is 0 Å². The van der Waals surface area contributed by atoms with E-state index >= 15 is 0 Å². The summed E-state index contributed by atoms with van der Waals surface area (Å²) in [5.41, 5.74) is 0. The summed E-state index contributed by atoms with van der Waals surface area (Å²) in [6.07, 6.45) is 0.484. The Balaban J connectivity index is 2.87. The van der Waals surface area contributed by atoms with Crippen molar-refractivity contribution >= 4 is 5.78 Å². The first kappa shape index (κ1) is 12.6. The molecule has 0 heterocycles. The molecule has 0 saturated heterocycles. The highest BCUT2D eigenvalue weighted by atomic mass is 16.5. The van der Waals surface area contributed by atoms with Crippen molar-refractivity contribution in [3.63, 3.8) is 0 Å². The van der Waals surface area contributed by atoms with Crippen molar-refractivity contribution in [1.29, 1.82) is 0 Å². The third-order valence-corrected chi connectivity index (χ3v) is 1.40. The number of hydrogen-bond acceptors (Lipinski definition) is 4. The van der Waals surface area contributed by atoms with Crippen LogP contribution < -0.4 is 0 Å². The third-order valence-electron chi connectivity index (χ3n) is 1.40. The molecule has 0 unspecified atom stereocenters. The Morgan fingerprint density at radius 2 is 1.54 bits per heavy atom. The number of rotatable bonds is 9. The molecule has 0 aromatic carbocycles. The van der Waals surface area contributed by atoms with Gasteiger partial charge in [0.25, 0.3) is 0 Å². The molecule has 0 amide bonds. The summed E-state index contributed by atoms with van der Waals surface area (Å²) in [7, 11) is 1.63. The Labute approximate surface area is 79.2 Å². The van der Waals surface area contributed by atoms with E-state index in [1.807, 2.05) is 0 Å². The van der Waals surface area contributed by atoms with Crippen LogP contribution in [0.1, 0.15) is 13.3 Å². The quantitative estimate of drug-likeness (QED) is 0.501. The van der Waals surface area contributed by atoms with Gasteiger partial charge in [0.2, 0.25) is 0 Å². The molecule has 0 aliphatic carbocycles. The molecule has 4 nitrogen and oxygen atoms in total. The maximum Gasteiger partial charge on any atom is 0.132 e. The fourth-order valence-electron chi connectivity index (χ4n) is 0.680. The minimum Gasteiger partial charge on any atom is -0.382 e. The molecule has 0 saturated carbocycles. The number of ether oxygens (including phenoxy) is 3. The molecule has 13 heavy (non-hydrogen) atoms. The second kappa shape index (κ2) is 9.64. The minimum absolute atomic E-state index is 0.153. The van der Waals surface area contributed by atoms with Crippen LogP contribution in [0.15, 0.2) is 0 Å². The van der Waals surface area contributed by atoms with Crippen molar-refractivity contribution in [2.45, 2.75) is 13.3 Å². The number of ketones is 1. The van der Waals surface area contributed by atoms with Crippen LogP contribution in [0.5, 0.6) is 0 Å². The van der Waals surface area contributed by atoms with Crippen LogP contribution in [0.2, 0.25) is 0 Å². The van der Waals surface area contributed by atoms with Crippen LogP contribution in [-0.2, 0) is 19.0 Å². The van der Waals surface area contributed by atoms with E-state index in [1.54, 1.807) is 14.0 Å². The van der Waals surface area contributed by atoms with E-state index in [0.717, 1.165) is 0 Å². The van der Waals surface area contributed by atoms with Gasteiger partial charge in [0.05, 0.1) is 33.0 Å². The Morgan fingerprint density at radius 1 is 1.00 bits per heavy atom. The van der Waals surface area contributed by atoms with Gasteiger partial charge in [0.15, 0.2) is 0 Å². The summed E-state index contributed by atoms with van der Waals surface area (Å²) < 4.78 is 15.1. The first-order valence-corrected chi connectivity index (χ1v) is 4.41. The van der Waals surface area contributed by atoms with Gasteiger partial charge in [-0.05, 0) is 6.92 Å². The first-order chi connectivity index (χ1) is 6.27. The highest BCUT2D eigenvalue weighted by Crippen LogP contribution is 1.85. The zero-order valence-electron chi connectivity index (χ0n) is 8.38. The van der Waals surface area contributed by atoms with Crippen molar-refractivity contribution in [3.05, 3.63) is 0 Å². The zero-order chi connectivity index (χ0) is 9.94. The van der Waals surface area contributed by atoms with Crippen LogP contribution in [0.3, 0.4) is 0 Å². The Hall–Kier alpha value is -0.450. The number of methoxy groups -OCH3 is 1. The summed E-state index contributed by atoms with van der Waals surface area (Å²) in [4.78, 5) is 10.5. The van der Waals surface area contributed by atoms with Crippen LogP contribution in [-0.4, -0.2) is 45.9 Å². The molecule has 78 valence electrons. The second-order valence-electron chi connectivity index (χ2n) is 2.67. The van der Waals surface area contributed by atoms with Gasteiger partial charge in [0, 0.05) is 13.5 Å². The Bertz CT molecular complexity index is 125. The molecule has 0 aromatic rings. The van der Waals surface area contributed by atoms with Crippen molar-refractivity contribution in [2.75, 3.05) is 40.1 Å². The van der Waals surface area contributed by atoms with Gasteiger partial charge >= 0.3 is 0 Å². The average molecular weight is 190 g/mol. The highest BCUT2D eigenvalue weighted by Gasteiger charge is 1.93. The molecule has 0 aromatic heterocycles. The Morgan fingerprint density at radius 3 is 2.08 bits per heavy atom. The smallest absolute Gasteiger partial charge is 0.132 e. The van der Waals surface area contributed by atoms with Gasteiger partial charge in [0.1, 0.15) is 5.78 Å². The number of carbonyl (C=O) groups is 1. The van der Waals surface area contributed by atoms with E-state index in [4.69, 9.17) is 14.2 Å². The number of carbonyl (C=O) groups excluding carboxylic acids is 1. The molecule has 0 aliphatic rings. The highest BCUT2D eigenvalue weighted by molar-refractivity contribution is 5.75. The van der Waals surface area contributed by atoms with Gasteiger partial charge in [-0.2, -0.15) is 0 Å². The predicted molar refractivity (Wildman–Crippen MR) is 48.8 cm³/mol. The average Bonchev–Trinajstić information content (AvgIpc) is 2.09. The number of Topliss-reactive ketones (excluding diaryl/α,β-unsaturated/α-hetero) is 1. The summed E-state index contributed by atoms with van der Waals surface area (Å²) in [5, 5.41) is 0. The predicted octanol–water partition coefficient (Wildman–Crippen LogP) is 0.645. The molecule has 4 heteroatoms. The summed E-state index contributed by atoms with van der Waals surface area (Å²) in [6.45, 7) is 4.33. The maximum absolute atomic E-state index is 10.5. The van der Waals surface area contributed by atoms with E-state index in [9.17, 15) is 4.79 Å². The molecule has 0 bridgehead atoms. The van der Waals surface area contributed by atoms with Gasteiger partial charge in [-0.15, -0.1) is 0 Å². The molecular weight excluding hydrogens is 172 g/mol. The molecule has 0 radical (unpaired) electrons. The largest absolute Gasteiger partial charge is 0.382 e. The normalized spacial score (nSPS) is 10.3. The second-order valence-corrected chi connectivity index (χ2v) is 2.67. The van der Waals surface area contributed by atoms with Crippen LogP contribution >= 0.6 is 0 Å². The first-order valence-electron chi connectivity index (χ1n) is 4.41. The van der Waals surface area contributed by atoms with E-state index in [2.05, 4.69) is 0 Å². The van der Waals surface area contributed by atoms with Gasteiger partial charge in [-0.25, -0.2) is 0 Å². The molecule has 0 N–H and O–H groups in total. The monoisotopic (exact) mass is 190 g/mol. The molecule has 0 fully saturated rings. The number of hydrogen-bond donors (Lipinski definition) is 0. The summed E-state index contributed by atoms with van der Waals surface area (Å²) in [6, 6.07) is 0. The van der Waals surface area contributed by atoms with Crippen molar-refractivity contribution in [2.24, 2.45) is 0 Å². The molecule has 0 atom stereocenters. The summed E-state index contributed by atoms with van der Waals surface area (Å²) >= 11 is 0. The standard InChI is InChI=1S/C9H18O4/c1-9(10)3-4-12-7-8-13-6-5-11-2/h3-8H2,1-2H3. The van der Waals surface area contributed by atoms with Crippen LogP contribution in [0.4, 0.5) is 0 Å². The zero-order valence-corrected chi connectivity index (χ0v) is 8.38. The van der Waals surface area contributed by atoms with E-state index in [0.29, 0.717) is 39.5 Å². The minimum atomic E-state index is 0.153. The van der Waals surface area contributed by atoms with E-state index in [-0.39, 0.29) is 5.78 Å². The lowest BCUT2D eigenvalue weighted by molar-refractivity contribution is -0.118. The lowest BCUT2D eigenvalue weighted by Gasteiger charge is -2.04. The third kappa shape index (κ3) is 11.5. The Kier molecular flexibility index (Phi) is 9.30. The molecule has 0 aliphatic heterocycles. The SMILES string of the molecule is COCCOCCOCCC(C)=O. The molecular formula is C9H18O4. The maximum atomic E-state index is 10.5.